The SMILES string of the molecule is O=C(O)N1CCC(CS(=O)(=O)N2CCC(O)(c3ccccc3C(F)(F)F)CC2)(C(=O)NO)CC1. The van der Waals surface area contributed by atoms with E-state index in [0.717, 1.165) is 15.3 Å². The van der Waals surface area contributed by atoms with E-state index >= 15 is 0 Å². The first-order valence-corrected chi connectivity index (χ1v) is 12.1. The zero-order valence-electron chi connectivity index (χ0n) is 18.1. The van der Waals surface area contributed by atoms with Crippen molar-refractivity contribution in [2.45, 2.75) is 37.5 Å². The quantitative estimate of drug-likeness (QED) is 0.348. The molecule has 0 radical (unpaired) electrons. The van der Waals surface area contributed by atoms with E-state index in [1.54, 1.807) is 0 Å². The molecule has 1 aromatic rings. The van der Waals surface area contributed by atoms with Crippen LogP contribution in [-0.2, 0) is 26.6 Å². The van der Waals surface area contributed by atoms with Crippen LogP contribution < -0.4 is 5.48 Å². The number of nitrogens with one attached hydrogen (secondary N) is 1. The largest absolute Gasteiger partial charge is 0.465 e. The fourth-order valence-corrected chi connectivity index (χ4v) is 6.70. The number of aliphatic hydroxyl groups is 1. The van der Waals surface area contributed by atoms with Crippen LogP contribution in [0.5, 0.6) is 0 Å². The zero-order valence-corrected chi connectivity index (χ0v) is 18.9. The number of likely N-dealkylation sites (tertiary alicyclic amines) is 1. The lowest BCUT2D eigenvalue weighted by Gasteiger charge is -2.42. The smallest absolute Gasteiger partial charge is 0.416 e. The maximum absolute atomic E-state index is 13.4. The van der Waals surface area contributed by atoms with Crippen molar-refractivity contribution in [1.29, 1.82) is 0 Å². The summed E-state index contributed by atoms with van der Waals surface area (Å²) in [5.74, 6) is -1.66. The van der Waals surface area contributed by atoms with Crippen LogP contribution in [0.3, 0.4) is 0 Å². The van der Waals surface area contributed by atoms with Crippen molar-refractivity contribution in [3.63, 3.8) is 0 Å². The number of carbonyl (C=O) groups excluding carboxylic acids is 1. The van der Waals surface area contributed by atoms with Crippen LogP contribution >= 0.6 is 0 Å². The molecule has 4 N–H and O–H groups in total. The number of hydrogen-bond donors (Lipinski definition) is 4. The highest BCUT2D eigenvalue weighted by Crippen LogP contribution is 2.42. The molecule has 0 spiro atoms. The molecule has 2 aliphatic heterocycles. The van der Waals surface area contributed by atoms with Gasteiger partial charge in [0, 0.05) is 26.2 Å². The normalized spacial score (nSPS) is 21.1. The number of sulfonamides is 1. The molecule has 190 valence electrons. The lowest BCUT2D eigenvalue weighted by Crippen LogP contribution is -2.55. The van der Waals surface area contributed by atoms with Gasteiger partial charge in [-0.25, -0.2) is 23.0 Å². The van der Waals surface area contributed by atoms with E-state index in [2.05, 4.69) is 0 Å². The first-order chi connectivity index (χ1) is 15.7. The molecule has 0 atom stereocenters. The number of rotatable bonds is 5. The van der Waals surface area contributed by atoms with Crippen molar-refractivity contribution >= 4 is 22.0 Å². The molecule has 0 aliphatic carbocycles. The van der Waals surface area contributed by atoms with Gasteiger partial charge in [0.1, 0.15) is 0 Å². The van der Waals surface area contributed by atoms with E-state index in [4.69, 9.17) is 10.3 Å². The number of nitrogens with zero attached hydrogens (tertiary/aromatic N) is 2. The Bertz CT molecular complexity index is 1030. The van der Waals surface area contributed by atoms with Gasteiger partial charge in [0.15, 0.2) is 0 Å². The molecule has 0 unspecified atom stereocenters. The first-order valence-electron chi connectivity index (χ1n) is 10.5. The summed E-state index contributed by atoms with van der Waals surface area (Å²) >= 11 is 0. The summed E-state index contributed by atoms with van der Waals surface area (Å²) in [4.78, 5) is 24.6. The Morgan fingerprint density at radius 2 is 1.59 bits per heavy atom. The van der Waals surface area contributed by atoms with Gasteiger partial charge in [-0.1, -0.05) is 18.2 Å². The summed E-state index contributed by atoms with van der Waals surface area (Å²) in [6.45, 7) is -0.759. The Morgan fingerprint density at radius 1 is 1.03 bits per heavy atom. The molecule has 3 rings (SSSR count). The Labute approximate surface area is 194 Å². The van der Waals surface area contributed by atoms with Crippen LogP contribution in [0.4, 0.5) is 18.0 Å². The molecule has 2 heterocycles. The molecule has 0 bridgehead atoms. The van der Waals surface area contributed by atoms with Crippen molar-refractivity contribution in [3.8, 4) is 0 Å². The number of alkyl halides is 3. The Balaban J connectivity index is 1.77. The minimum atomic E-state index is -4.69. The number of benzene rings is 1. The molecule has 2 saturated heterocycles. The number of piperidine rings is 2. The third-order valence-corrected chi connectivity index (χ3v) is 8.78. The van der Waals surface area contributed by atoms with Gasteiger partial charge in [-0.3, -0.25) is 10.0 Å². The lowest BCUT2D eigenvalue weighted by atomic mass is 9.79. The summed E-state index contributed by atoms with van der Waals surface area (Å²) in [5.41, 5.74) is -3.30. The molecular formula is C20H26F3N3O7S. The summed E-state index contributed by atoms with van der Waals surface area (Å²) in [5, 5.41) is 29.2. The molecule has 0 saturated carbocycles. The average molecular weight is 510 g/mol. The number of carbonyl (C=O) groups is 2. The van der Waals surface area contributed by atoms with Crippen molar-refractivity contribution in [1.82, 2.24) is 14.7 Å². The molecular weight excluding hydrogens is 483 g/mol. The fraction of sp³-hybridized carbons (Fsp3) is 0.600. The molecule has 2 amide bonds. The molecule has 10 nitrogen and oxygen atoms in total. The summed E-state index contributed by atoms with van der Waals surface area (Å²) in [6, 6.07) is 4.60. The fourth-order valence-electron chi connectivity index (χ4n) is 4.66. The number of hydrogen-bond acceptors (Lipinski definition) is 6. The van der Waals surface area contributed by atoms with E-state index in [0.29, 0.717) is 0 Å². The van der Waals surface area contributed by atoms with Crippen LogP contribution in [0.2, 0.25) is 0 Å². The summed E-state index contributed by atoms with van der Waals surface area (Å²) in [7, 11) is -4.14. The van der Waals surface area contributed by atoms with Gasteiger partial charge in [-0.2, -0.15) is 13.2 Å². The Morgan fingerprint density at radius 3 is 2.09 bits per heavy atom. The van der Waals surface area contributed by atoms with Crippen LogP contribution in [0.15, 0.2) is 24.3 Å². The van der Waals surface area contributed by atoms with Crippen molar-refractivity contribution in [2.24, 2.45) is 5.41 Å². The Hall–Kier alpha value is -2.42. The predicted octanol–water partition coefficient (Wildman–Crippen LogP) is 1.58. The van der Waals surface area contributed by atoms with Gasteiger partial charge >= 0.3 is 12.3 Å². The number of amides is 2. The van der Waals surface area contributed by atoms with Crippen LogP contribution in [0.1, 0.15) is 36.8 Å². The van der Waals surface area contributed by atoms with Crippen LogP contribution in [0, 0.1) is 5.41 Å². The van der Waals surface area contributed by atoms with Crippen LogP contribution in [0.25, 0.3) is 0 Å². The molecule has 1 aromatic carbocycles. The van der Waals surface area contributed by atoms with Gasteiger partial charge in [0.25, 0.3) is 5.91 Å². The van der Waals surface area contributed by atoms with Crippen LogP contribution in [-0.4, -0.2) is 77.0 Å². The molecule has 0 aromatic heterocycles. The standard InChI is InChI=1S/C20H26F3N3O7S/c21-20(22,23)15-4-2-1-3-14(15)19(30)7-11-26(12-8-19)34(32,33)13-18(16(27)24-31)5-9-25(10-6-18)17(28)29/h1-4,30-31H,5-13H2,(H,24,27)(H,28,29). The van der Waals surface area contributed by atoms with E-state index < -0.39 is 50.5 Å². The molecule has 14 heteroatoms. The van der Waals surface area contributed by atoms with Gasteiger partial charge in [0.2, 0.25) is 10.0 Å². The molecule has 2 fully saturated rings. The summed E-state index contributed by atoms with van der Waals surface area (Å²) in [6.07, 6.45) is -6.75. The number of carboxylic acid groups (broad SMARTS) is 1. The lowest BCUT2D eigenvalue weighted by molar-refractivity contribution is -0.141. The van der Waals surface area contributed by atoms with Crippen molar-refractivity contribution in [3.05, 3.63) is 35.4 Å². The number of halogens is 3. The van der Waals surface area contributed by atoms with E-state index in [-0.39, 0.29) is 57.4 Å². The second-order valence-corrected chi connectivity index (χ2v) is 10.7. The summed E-state index contributed by atoms with van der Waals surface area (Å²) < 4.78 is 67.5. The van der Waals surface area contributed by atoms with Crippen molar-refractivity contribution < 1.29 is 46.6 Å². The third kappa shape index (κ3) is 5.14. The molecule has 2 aliphatic rings. The van der Waals surface area contributed by atoms with Crippen molar-refractivity contribution in [2.75, 3.05) is 31.9 Å². The van der Waals surface area contributed by atoms with E-state index in [9.17, 15) is 36.3 Å². The Kier molecular flexibility index (Phi) is 7.18. The van der Waals surface area contributed by atoms with E-state index in [1.165, 1.54) is 23.7 Å². The number of hydroxylamine groups is 1. The minimum Gasteiger partial charge on any atom is -0.465 e. The predicted molar refractivity (Wildman–Crippen MR) is 111 cm³/mol. The maximum Gasteiger partial charge on any atom is 0.416 e. The maximum atomic E-state index is 13.4. The highest BCUT2D eigenvalue weighted by molar-refractivity contribution is 7.89. The third-order valence-electron chi connectivity index (χ3n) is 6.71. The highest BCUT2D eigenvalue weighted by atomic mass is 32.2. The van der Waals surface area contributed by atoms with E-state index in [1.807, 2.05) is 0 Å². The molecule has 34 heavy (non-hydrogen) atoms. The second-order valence-electron chi connectivity index (χ2n) is 8.72. The zero-order chi connectivity index (χ0) is 25.4. The topological polar surface area (TPSA) is 147 Å². The highest BCUT2D eigenvalue weighted by Gasteiger charge is 2.49. The average Bonchev–Trinajstić information content (AvgIpc) is 2.78. The second kappa shape index (κ2) is 9.32. The van der Waals surface area contributed by atoms with Gasteiger partial charge in [0.05, 0.1) is 22.3 Å². The monoisotopic (exact) mass is 509 g/mol. The van der Waals surface area contributed by atoms with Gasteiger partial charge in [-0.15, -0.1) is 0 Å². The van der Waals surface area contributed by atoms with Gasteiger partial charge in [-0.05, 0) is 37.3 Å². The minimum absolute atomic E-state index is 0.105. The first kappa shape index (κ1) is 26.2. The van der Waals surface area contributed by atoms with Gasteiger partial charge < -0.3 is 15.1 Å².